The Morgan fingerprint density at radius 3 is 2.33 bits per heavy atom. The third-order valence-corrected chi connectivity index (χ3v) is 4.31. The molecule has 2 rings (SSSR count). The number of hydrogen-bond acceptors (Lipinski definition) is 4. The molecular formula is C15H13F3N2O3S. The minimum Gasteiger partial charge on any atom is -0.322 e. The van der Waals surface area contributed by atoms with E-state index in [0.29, 0.717) is 11.6 Å². The first-order valence-corrected chi connectivity index (χ1v) is 8.53. The van der Waals surface area contributed by atoms with Crippen molar-refractivity contribution in [3.05, 3.63) is 53.3 Å². The lowest BCUT2D eigenvalue weighted by molar-refractivity contribution is -0.141. The number of rotatable bonds is 3. The van der Waals surface area contributed by atoms with E-state index >= 15 is 0 Å². The standard InChI is InChI=1S/C15H13F3N2O3S/c1-9-3-5-11(24(2,22)23)7-12(9)20-14(21)10-4-6-13(19-8-10)15(16,17)18/h3-8H,1-2H3,(H,20,21). The molecule has 0 bridgehead atoms. The zero-order valence-electron chi connectivity index (χ0n) is 12.7. The number of alkyl halides is 3. The van der Waals surface area contributed by atoms with Gasteiger partial charge in [0.1, 0.15) is 5.69 Å². The van der Waals surface area contributed by atoms with E-state index in [2.05, 4.69) is 10.3 Å². The second kappa shape index (κ2) is 6.23. The number of nitrogens with zero attached hydrogens (tertiary/aromatic N) is 1. The number of aromatic nitrogens is 1. The first kappa shape index (κ1) is 17.9. The molecule has 0 spiro atoms. The van der Waals surface area contributed by atoms with Crippen molar-refractivity contribution in [1.82, 2.24) is 4.98 Å². The topological polar surface area (TPSA) is 76.1 Å². The highest BCUT2D eigenvalue weighted by atomic mass is 32.2. The Hall–Kier alpha value is -2.42. The van der Waals surface area contributed by atoms with Crippen LogP contribution in [-0.4, -0.2) is 25.6 Å². The highest BCUT2D eigenvalue weighted by Crippen LogP contribution is 2.27. The first-order chi connectivity index (χ1) is 11.0. The second-order valence-electron chi connectivity index (χ2n) is 5.13. The summed E-state index contributed by atoms with van der Waals surface area (Å²) in [4.78, 5) is 15.3. The maximum atomic E-state index is 12.5. The molecule has 0 atom stereocenters. The minimum atomic E-state index is -4.59. The van der Waals surface area contributed by atoms with Crippen molar-refractivity contribution in [2.24, 2.45) is 0 Å². The normalized spacial score (nSPS) is 12.0. The molecule has 0 aliphatic rings. The SMILES string of the molecule is Cc1ccc(S(C)(=O)=O)cc1NC(=O)c1ccc(C(F)(F)F)nc1. The number of halogens is 3. The van der Waals surface area contributed by atoms with Gasteiger partial charge in [0.15, 0.2) is 9.84 Å². The van der Waals surface area contributed by atoms with Crippen molar-refractivity contribution in [2.75, 3.05) is 11.6 Å². The van der Waals surface area contributed by atoms with Crippen molar-refractivity contribution < 1.29 is 26.4 Å². The number of benzene rings is 1. The van der Waals surface area contributed by atoms with Crippen molar-refractivity contribution in [3.63, 3.8) is 0 Å². The minimum absolute atomic E-state index is 0.0222. The lowest BCUT2D eigenvalue weighted by atomic mass is 10.2. The highest BCUT2D eigenvalue weighted by molar-refractivity contribution is 7.90. The van der Waals surface area contributed by atoms with Gasteiger partial charge in [0.05, 0.1) is 10.5 Å². The number of anilines is 1. The number of carbonyl (C=O) groups excluding carboxylic acids is 1. The van der Waals surface area contributed by atoms with E-state index in [4.69, 9.17) is 0 Å². The van der Waals surface area contributed by atoms with Gasteiger partial charge in [-0.05, 0) is 36.8 Å². The maximum absolute atomic E-state index is 12.5. The summed E-state index contributed by atoms with van der Waals surface area (Å²) < 4.78 is 60.5. The predicted molar refractivity (Wildman–Crippen MR) is 81.5 cm³/mol. The van der Waals surface area contributed by atoms with Gasteiger partial charge in [0.2, 0.25) is 0 Å². The van der Waals surface area contributed by atoms with Crippen molar-refractivity contribution in [1.29, 1.82) is 0 Å². The molecule has 2 aromatic rings. The number of carbonyl (C=O) groups is 1. The smallest absolute Gasteiger partial charge is 0.322 e. The molecule has 0 saturated carbocycles. The van der Waals surface area contributed by atoms with Gasteiger partial charge in [-0.25, -0.2) is 8.42 Å². The summed E-state index contributed by atoms with van der Waals surface area (Å²) in [6.07, 6.45) is -2.74. The first-order valence-electron chi connectivity index (χ1n) is 6.64. The molecule has 0 aliphatic heterocycles. The molecule has 128 valence electrons. The summed E-state index contributed by atoms with van der Waals surface area (Å²) in [7, 11) is -3.45. The third kappa shape index (κ3) is 4.10. The molecule has 9 heteroatoms. The summed E-state index contributed by atoms with van der Waals surface area (Å²) in [5.74, 6) is -0.690. The monoisotopic (exact) mass is 358 g/mol. The Labute approximate surface area is 136 Å². The largest absolute Gasteiger partial charge is 0.433 e. The van der Waals surface area contributed by atoms with Crippen LogP contribution in [0.2, 0.25) is 0 Å². The molecule has 0 saturated heterocycles. The molecule has 0 fully saturated rings. The fraction of sp³-hybridized carbons (Fsp3) is 0.200. The predicted octanol–water partition coefficient (Wildman–Crippen LogP) is 3.06. The van der Waals surface area contributed by atoms with Gasteiger partial charge < -0.3 is 5.32 Å². The molecular weight excluding hydrogens is 345 g/mol. The summed E-state index contributed by atoms with van der Waals surface area (Å²) in [6, 6.07) is 5.92. The van der Waals surface area contributed by atoms with Crippen LogP contribution < -0.4 is 5.32 Å². The summed E-state index contributed by atoms with van der Waals surface area (Å²) in [6.45, 7) is 1.66. The zero-order chi connectivity index (χ0) is 18.1. The molecule has 5 nitrogen and oxygen atoms in total. The molecule has 1 N–H and O–H groups in total. The van der Waals surface area contributed by atoms with E-state index in [1.165, 1.54) is 18.2 Å². The van der Waals surface area contributed by atoms with Crippen LogP contribution in [-0.2, 0) is 16.0 Å². The van der Waals surface area contributed by atoms with Crippen LogP contribution in [0.5, 0.6) is 0 Å². The number of nitrogens with one attached hydrogen (secondary N) is 1. The van der Waals surface area contributed by atoms with E-state index < -0.39 is 27.6 Å². The molecule has 0 radical (unpaired) electrons. The Kier molecular flexibility index (Phi) is 4.66. The number of amides is 1. The molecule has 1 heterocycles. The van der Waals surface area contributed by atoms with E-state index in [0.717, 1.165) is 18.5 Å². The molecule has 1 aromatic heterocycles. The molecule has 1 aromatic carbocycles. The second-order valence-corrected chi connectivity index (χ2v) is 7.15. The van der Waals surface area contributed by atoms with Crippen LogP contribution in [0.3, 0.4) is 0 Å². The van der Waals surface area contributed by atoms with Crippen molar-refractivity contribution in [3.8, 4) is 0 Å². The molecule has 0 unspecified atom stereocenters. The van der Waals surface area contributed by atoms with Gasteiger partial charge in [-0.15, -0.1) is 0 Å². The average Bonchev–Trinajstić information content (AvgIpc) is 2.47. The van der Waals surface area contributed by atoms with Crippen LogP contribution in [0.15, 0.2) is 41.4 Å². The summed E-state index contributed by atoms with van der Waals surface area (Å²) >= 11 is 0. The van der Waals surface area contributed by atoms with Crippen LogP contribution in [0, 0.1) is 6.92 Å². The van der Waals surface area contributed by atoms with Crippen LogP contribution in [0.4, 0.5) is 18.9 Å². The van der Waals surface area contributed by atoms with Gasteiger partial charge in [-0.1, -0.05) is 6.07 Å². The lowest BCUT2D eigenvalue weighted by Crippen LogP contribution is -2.15. The van der Waals surface area contributed by atoms with Crippen molar-refractivity contribution >= 4 is 21.4 Å². The fourth-order valence-corrected chi connectivity index (χ4v) is 2.50. The van der Waals surface area contributed by atoms with E-state index in [9.17, 15) is 26.4 Å². The van der Waals surface area contributed by atoms with Crippen LogP contribution in [0.1, 0.15) is 21.6 Å². The third-order valence-electron chi connectivity index (χ3n) is 3.20. The Morgan fingerprint density at radius 2 is 1.83 bits per heavy atom. The zero-order valence-corrected chi connectivity index (χ0v) is 13.5. The van der Waals surface area contributed by atoms with Crippen molar-refractivity contribution in [2.45, 2.75) is 18.0 Å². The quantitative estimate of drug-likeness (QED) is 0.915. The van der Waals surface area contributed by atoms with Gasteiger partial charge in [0, 0.05) is 18.1 Å². The Morgan fingerprint density at radius 1 is 1.17 bits per heavy atom. The number of pyridine rings is 1. The molecule has 1 amide bonds. The lowest BCUT2D eigenvalue weighted by Gasteiger charge is -2.11. The molecule has 0 aliphatic carbocycles. The maximum Gasteiger partial charge on any atom is 0.433 e. The Balaban J connectivity index is 2.27. The van der Waals surface area contributed by atoms with Gasteiger partial charge in [-0.2, -0.15) is 13.2 Å². The van der Waals surface area contributed by atoms with Gasteiger partial charge in [-0.3, -0.25) is 9.78 Å². The number of aryl methyl sites for hydroxylation is 1. The summed E-state index contributed by atoms with van der Waals surface area (Å²) in [5.41, 5.74) is -0.320. The fourth-order valence-electron chi connectivity index (χ4n) is 1.86. The van der Waals surface area contributed by atoms with Crippen LogP contribution in [0.25, 0.3) is 0 Å². The highest BCUT2D eigenvalue weighted by Gasteiger charge is 2.32. The van der Waals surface area contributed by atoms with E-state index in [-0.39, 0.29) is 16.1 Å². The van der Waals surface area contributed by atoms with Gasteiger partial charge in [0.25, 0.3) is 5.91 Å². The van der Waals surface area contributed by atoms with Crippen LogP contribution >= 0.6 is 0 Å². The summed E-state index contributed by atoms with van der Waals surface area (Å²) in [5, 5.41) is 2.47. The molecule has 24 heavy (non-hydrogen) atoms. The number of hydrogen-bond donors (Lipinski definition) is 1. The Bertz CT molecular complexity index is 876. The average molecular weight is 358 g/mol. The van der Waals surface area contributed by atoms with E-state index in [1.54, 1.807) is 6.92 Å². The van der Waals surface area contributed by atoms with E-state index in [1.807, 2.05) is 0 Å². The number of sulfone groups is 1. The van der Waals surface area contributed by atoms with Gasteiger partial charge >= 0.3 is 6.18 Å².